The number of rotatable bonds is 5. The number of benzene rings is 2. The summed E-state index contributed by atoms with van der Waals surface area (Å²) in [6, 6.07) is 12.9. The van der Waals surface area contributed by atoms with Gasteiger partial charge in [0.2, 0.25) is 12.1 Å². The van der Waals surface area contributed by atoms with Crippen LogP contribution >= 0.6 is 11.8 Å². The van der Waals surface area contributed by atoms with Gasteiger partial charge in [-0.2, -0.15) is 5.10 Å². The first-order chi connectivity index (χ1) is 14.6. The number of thioether (sulfide) groups is 1. The van der Waals surface area contributed by atoms with Crippen LogP contribution in [0.5, 0.6) is 5.75 Å². The maximum absolute atomic E-state index is 13.2. The molecule has 154 valence electrons. The second kappa shape index (κ2) is 8.46. The van der Waals surface area contributed by atoms with Gasteiger partial charge in [-0.15, -0.1) is 0 Å². The van der Waals surface area contributed by atoms with E-state index in [0.717, 1.165) is 0 Å². The topological polar surface area (TPSA) is 86.3 Å². The summed E-state index contributed by atoms with van der Waals surface area (Å²) < 4.78 is 18.6. The lowest BCUT2D eigenvalue weighted by Gasteiger charge is -2.32. The maximum atomic E-state index is 13.2. The first-order valence-electron chi connectivity index (χ1n) is 9.01. The first kappa shape index (κ1) is 19.8. The molecule has 0 fully saturated rings. The highest BCUT2D eigenvalue weighted by Crippen LogP contribution is 2.32. The molecule has 2 heterocycles. The van der Waals surface area contributed by atoms with E-state index in [9.17, 15) is 14.0 Å². The number of para-hydroxylation sites is 2. The zero-order valence-electron chi connectivity index (χ0n) is 15.9. The molecule has 2 aliphatic heterocycles. The molecule has 1 unspecified atom stereocenters. The maximum Gasteiger partial charge on any atom is 0.276 e. The summed E-state index contributed by atoms with van der Waals surface area (Å²) in [6.07, 6.45) is 2.63. The fourth-order valence-corrected chi connectivity index (χ4v) is 3.81. The van der Waals surface area contributed by atoms with Crippen LogP contribution in [-0.4, -0.2) is 40.9 Å². The lowest BCUT2D eigenvalue weighted by molar-refractivity contribution is -0.122. The molecular weight excluding hydrogens is 409 g/mol. The molecule has 8 nitrogen and oxygen atoms in total. The molecule has 2 aromatic rings. The number of carbonyl (C=O) groups excluding carboxylic acids is 2. The van der Waals surface area contributed by atoms with Crippen molar-refractivity contribution in [3.63, 3.8) is 0 Å². The Morgan fingerprint density at radius 3 is 2.90 bits per heavy atom. The second-order valence-corrected chi connectivity index (χ2v) is 7.30. The molecule has 0 aromatic heterocycles. The lowest BCUT2D eigenvalue weighted by atomic mass is 10.2. The molecule has 0 bridgehead atoms. The number of hydrogen-bond acceptors (Lipinski definition) is 7. The van der Waals surface area contributed by atoms with Crippen LogP contribution in [0, 0.1) is 5.82 Å². The van der Waals surface area contributed by atoms with E-state index in [1.54, 1.807) is 42.6 Å². The van der Waals surface area contributed by atoms with Gasteiger partial charge in [-0.1, -0.05) is 30.0 Å². The number of amidine groups is 1. The number of nitrogens with zero attached hydrogens (tertiary/aromatic N) is 3. The highest BCUT2D eigenvalue weighted by Gasteiger charge is 2.39. The third kappa shape index (κ3) is 3.94. The third-order valence-corrected chi connectivity index (χ3v) is 5.38. The van der Waals surface area contributed by atoms with E-state index in [1.807, 2.05) is 12.1 Å². The fraction of sp³-hybridized carbons (Fsp3) is 0.150. The Bertz CT molecular complexity index is 1040. The molecule has 30 heavy (non-hydrogen) atoms. The zero-order valence-corrected chi connectivity index (χ0v) is 16.7. The van der Waals surface area contributed by atoms with Crippen LogP contribution in [0.25, 0.3) is 0 Å². The number of halogens is 1. The summed E-state index contributed by atoms with van der Waals surface area (Å²) in [7, 11) is 1.55. The molecule has 0 radical (unpaired) electrons. The van der Waals surface area contributed by atoms with E-state index in [0.29, 0.717) is 22.3 Å². The number of amides is 2. The smallest absolute Gasteiger partial charge is 0.276 e. The van der Waals surface area contributed by atoms with Gasteiger partial charge in [-0.3, -0.25) is 24.8 Å². The monoisotopic (exact) mass is 427 g/mol. The van der Waals surface area contributed by atoms with Gasteiger partial charge in [0.1, 0.15) is 11.6 Å². The first-order valence-corrected chi connectivity index (χ1v) is 9.99. The second-order valence-electron chi connectivity index (χ2n) is 6.36. The van der Waals surface area contributed by atoms with E-state index in [4.69, 9.17) is 4.74 Å². The SMILES string of the molecule is COc1ccccc1N1C=CN2C(SCC(=O)Nc3cccc(F)c3)=NNC2C1=O. The summed E-state index contributed by atoms with van der Waals surface area (Å²) in [4.78, 5) is 28.3. The molecule has 2 amide bonds. The summed E-state index contributed by atoms with van der Waals surface area (Å²) >= 11 is 1.17. The van der Waals surface area contributed by atoms with Crippen molar-refractivity contribution in [1.29, 1.82) is 0 Å². The number of methoxy groups -OCH3 is 1. The number of nitrogens with one attached hydrogen (secondary N) is 2. The summed E-state index contributed by atoms with van der Waals surface area (Å²) in [5.74, 6) is -0.334. The predicted octanol–water partition coefficient (Wildman–Crippen LogP) is 2.53. The van der Waals surface area contributed by atoms with Crippen molar-refractivity contribution in [2.75, 3.05) is 23.1 Å². The van der Waals surface area contributed by atoms with Gasteiger partial charge in [0.25, 0.3) is 5.91 Å². The average Bonchev–Trinajstić information content (AvgIpc) is 3.16. The minimum Gasteiger partial charge on any atom is -0.495 e. The Hall–Kier alpha value is -3.53. The Balaban J connectivity index is 1.40. The zero-order chi connectivity index (χ0) is 21.1. The van der Waals surface area contributed by atoms with Gasteiger partial charge >= 0.3 is 0 Å². The summed E-state index contributed by atoms with van der Waals surface area (Å²) in [6.45, 7) is 0. The van der Waals surface area contributed by atoms with Crippen LogP contribution in [0.4, 0.5) is 15.8 Å². The fourth-order valence-electron chi connectivity index (χ4n) is 3.04. The highest BCUT2D eigenvalue weighted by atomic mass is 32.2. The van der Waals surface area contributed by atoms with Crippen molar-refractivity contribution >= 4 is 40.1 Å². The van der Waals surface area contributed by atoms with Gasteiger partial charge < -0.3 is 10.1 Å². The van der Waals surface area contributed by atoms with E-state index >= 15 is 0 Å². The Labute approximate surface area is 176 Å². The van der Waals surface area contributed by atoms with Gasteiger partial charge in [-0.25, -0.2) is 4.39 Å². The number of hydrazone groups is 1. The van der Waals surface area contributed by atoms with Crippen LogP contribution < -0.4 is 20.4 Å². The average molecular weight is 427 g/mol. The summed E-state index contributed by atoms with van der Waals surface area (Å²) in [5.41, 5.74) is 3.81. The largest absolute Gasteiger partial charge is 0.495 e. The quantitative estimate of drug-likeness (QED) is 0.763. The summed E-state index contributed by atoms with van der Waals surface area (Å²) in [5, 5.41) is 7.29. The lowest BCUT2D eigenvalue weighted by Crippen LogP contribution is -2.52. The van der Waals surface area contributed by atoms with Crippen molar-refractivity contribution in [2.45, 2.75) is 6.17 Å². The van der Waals surface area contributed by atoms with E-state index < -0.39 is 12.0 Å². The Kier molecular flexibility index (Phi) is 5.57. The minimum atomic E-state index is -0.714. The number of hydrogen-bond donors (Lipinski definition) is 2. The standard InChI is InChI=1S/C20H18FN5O3S/c1-29-16-8-3-2-7-15(16)25-9-10-26-18(19(25)28)23-24-20(26)30-12-17(27)22-14-6-4-5-13(21)11-14/h2-11,18,23H,12H2,1H3,(H,22,27). The van der Waals surface area contributed by atoms with Gasteiger partial charge in [0.05, 0.1) is 18.6 Å². The van der Waals surface area contributed by atoms with Crippen molar-refractivity contribution in [3.05, 3.63) is 66.7 Å². The molecule has 2 N–H and O–H groups in total. The van der Waals surface area contributed by atoms with Crippen LogP contribution in [-0.2, 0) is 9.59 Å². The molecule has 4 rings (SSSR count). The minimum absolute atomic E-state index is 0.0541. The number of ether oxygens (including phenoxy) is 1. The molecular formula is C20H18FN5O3S. The molecule has 2 aromatic carbocycles. The Morgan fingerprint density at radius 2 is 2.10 bits per heavy atom. The van der Waals surface area contributed by atoms with E-state index in [2.05, 4.69) is 15.8 Å². The van der Waals surface area contributed by atoms with Crippen LogP contribution in [0.1, 0.15) is 0 Å². The molecule has 10 heteroatoms. The molecule has 0 saturated heterocycles. The molecule has 2 aliphatic rings. The van der Waals surface area contributed by atoms with Gasteiger partial charge in [0.15, 0.2) is 5.17 Å². The number of carbonyl (C=O) groups is 2. The van der Waals surface area contributed by atoms with Crippen LogP contribution in [0.15, 0.2) is 66.0 Å². The van der Waals surface area contributed by atoms with Crippen molar-refractivity contribution in [2.24, 2.45) is 5.10 Å². The number of anilines is 2. The van der Waals surface area contributed by atoms with E-state index in [-0.39, 0.29) is 17.6 Å². The van der Waals surface area contributed by atoms with E-state index in [1.165, 1.54) is 34.9 Å². The normalized spacial score (nSPS) is 17.3. The van der Waals surface area contributed by atoms with Gasteiger partial charge in [-0.05, 0) is 30.3 Å². The highest BCUT2D eigenvalue weighted by molar-refractivity contribution is 8.14. The van der Waals surface area contributed by atoms with Crippen molar-refractivity contribution < 1.29 is 18.7 Å². The van der Waals surface area contributed by atoms with Crippen molar-refractivity contribution in [1.82, 2.24) is 10.3 Å². The molecule has 1 atom stereocenters. The predicted molar refractivity (Wildman–Crippen MR) is 113 cm³/mol. The van der Waals surface area contributed by atoms with Gasteiger partial charge in [0, 0.05) is 18.1 Å². The Morgan fingerprint density at radius 1 is 1.27 bits per heavy atom. The molecule has 0 aliphatic carbocycles. The van der Waals surface area contributed by atoms with Crippen LogP contribution in [0.2, 0.25) is 0 Å². The molecule has 0 spiro atoms. The van der Waals surface area contributed by atoms with Crippen LogP contribution in [0.3, 0.4) is 0 Å². The molecule has 0 saturated carbocycles. The third-order valence-electron chi connectivity index (χ3n) is 4.41. The number of fused-ring (bicyclic) bond motifs is 1. The van der Waals surface area contributed by atoms with Crippen molar-refractivity contribution in [3.8, 4) is 5.75 Å².